The Morgan fingerprint density at radius 1 is 1.39 bits per heavy atom. The molecule has 1 saturated carbocycles. The van der Waals surface area contributed by atoms with E-state index in [1.165, 1.54) is 18.4 Å². The van der Waals surface area contributed by atoms with Crippen LogP contribution >= 0.6 is 15.9 Å². The monoisotopic (exact) mass is 310 g/mol. The van der Waals surface area contributed by atoms with Gasteiger partial charge in [0, 0.05) is 17.6 Å². The van der Waals surface area contributed by atoms with Crippen LogP contribution in [0.2, 0.25) is 0 Å². The largest absolute Gasteiger partial charge is 0.355 e. The lowest BCUT2D eigenvalue weighted by molar-refractivity contribution is -0.122. The third-order valence-electron chi connectivity index (χ3n) is 3.06. The molecule has 1 aliphatic rings. The summed E-state index contributed by atoms with van der Waals surface area (Å²) < 4.78 is 1.08. The van der Waals surface area contributed by atoms with Gasteiger partial charge < -0.3 is 5.32 Å². The van der Waals surface area contributed by atoms with Gasteiger partial charge >= 0.3 is 0 Å². The predicted octanol–water partition coefficient (Wildman–Crippen LogP) is 2.41. The number of likely N-dealkylation sites (N-methyl/N-ethyl adjacent to an activating group) is 1. The standard InChI is InChI=1S/C14H19BrN2O/c1-17(9-12-4-6-13(15)7-5-12)10-14(18)16-8-11-2-3-11/h4-7,11H,2-3,8-10H2,1H3,(H,16,18). The molecular formula is C14H19BrN2O. The maximum absolute atomic E-state index is 11.7. The van der Waals surface area contributed by atoms with Gasteiger partial charge in [-0.1, -0.05) is 28.1 Å². The second-order valence-corrected chi connectivity index (χ2v) is 5.96. The zero-order valence-electron chi connectivity index (χ0n) is 10.7. The van der Waals surface area contributed by atoms with Gasteiger partial charge in [-0.25, -0.2) is 0 Å². The van der Waals surface area contributed by atoms with Crippen LogP contribution in [-0.4, -0.2) is 30.9 Å². The van der Waals surface area contributed by atoms with Crippen molar-refractivity contribution in [3.63, 3.8) is 0 Å². The van der Waals surface area contributed by atoms with Crippen LogP contribution in [0.4, 0.5) is 0 Å². The second kappa shape index (κ2) is 6.34. The summed E-state index contributed by atoms with van der Waals surface area (Å²) in [6.45, 7) is 2.11. The van der Waals surface area contributed by atoms with E-state index in [0.717, 1.165) is 23.5 Å². The van der Waals surface area contributed by atoms with E-state index in [1.807, 2.05) is 24.1 Å². The van der Waals surface area contributed by atoms with Crippen LogP contribution in [0.1, 0.15) is 18.4 Å². The fourth-order valence-electron chi connectivity index (χ4n) is 1.84. The highest BCUT2D eigenvalue weighted by Crippen LogP contribution is 2.27. The van der Waals surface area contributed by atoms with Crippen molar-refractivity contribution in [2.24, 2.45) is 5.92 Å². The van der Waals surface area contributed by atoms with Gasteiger partial charge in [0.15, 0.2) is 0 Å². The Hall–Kier alpha value is -0.870. The van der Waals surface area contributed by atoms with Crippen molar-refractivity contribution in [2.45, 2.75) is 19.4 Å². The number of halogens is 1. The van der Waals surface area contributed by atoms with Crippen LogP contribution in [0.3, 0.4) is 0 Å². The summed E-state index contributed by atoms with van der Waals surface area (Å²) in [5.41, 5.74) is 1.22. The first-order valence-corrected chi connectivity index (χ1v) is 7.12. The number of amides is 1. The van der Waals surface area contributed by atoms with Crippen LogP contribution in [-0.2, 0) is 11.3 Å². The summed E-state index contributed by atoms with van der Waals surface area (Å²) in [4.78, 5) is 13.7. The van der Waals surface area contributed by atoms with Crippen LogP contribution in [0, 0.1) is 5.92 Å². The third-order valence-corrected chi connectivity index (χ3v) is 3.59. The minimum atomic E-state index is 0.126. The van der Waals surface area contributed by atoms with Crippen molar-refractivity contribution in [1.29, 1.82) is 0 Å². The molecule has 1 aromatic carbocycles. The average Bonchev–Trinajstić information content (AvgIpc) is 3.13. The molecule has 0 saturated heterocycles. The summed E-state index contributed by atoms with van der Waals surface area (Å²) in [7, 11) is 1.97. The van der Waals surface area contributed by atoms with Crippen molar-refractivity contribution in [3.8, 4) is 0 Å². The fraction of sp³-hybridized carbons (Fsp3) is 0.500. The number of hydrogen-bond acceptors (Lipinski definition) is 2. The smallest absolute Gasteiger partial charge is 0.234 e. The Morgan fingerprint density at radius 2 is 2.06 bits per heavy atom. The summed E-state index contributed by atoms with van der Waals surface area (Å²) in [6, 6.07) is 8.19. The molecule has 1 aliphatic carbocycles. The van der Waals surface area contributed by atoms with Crippen molar-refractivity contribution in [1.82, 2.24) is 10.2 Å². The molecular weight excluding hydrogens is 292 g/mol. The van der Waals surface area contributed by atoms with Crippen molar-refractivity contribution < 1.29 is 4.79 Å². The molecule has 4 heteroatoms. The van der Waals surface area contributed by atoms with E-state index in [0.29, 0.717) is 6.54 Å². The third kappa shape index (κ3) is 4.78. The van der Waals surface area contributed by atoms with Crippen LogP contribution in [0.5, 0.6) is 0 Å². The zero-order valence-corrected chi connectivity index (χ0v) is 12.2. The number of benzene rings is 1. The second-order valence-electron chi connectivity index (χ2n) is 5.05. The maximum atomic E-state index is 11.7. The Morgan fingerprint density at radius 3 is 2.67 bits per heavy atom. The van der Waals surface area contributed by atoms with E-state index >= 15 is 0 Å². The van der Waals surface area contributed by atoms with Crippen LogP contribution in [0.15, 0.2) is 28.7 Å². The van der Waals surface area contributed by atoms with Crippen molar-refractivity contribution in [3.05, 3.63) is 34.3 Å². The summed E-state index contributed by atoms with van der Waals surface area (Å²) in [5.74, 6) is 0.868. The van der Waals surface area contributed by atoms with E-state index < -0.39 is 0 Å². The first kappa shape index (κ1) is 13.6. The van der Waals surface area contributed by atoms with E-state index in [9.17, 15) is 4.79 Å². The van der Waals surface area contributed by atoms with E-state index in [4.69, 9.17) is 0 Å². The fourth-order valence-corrected chi connectivity index (χ4v) is 2.10. The molecule has 98 valence electrons. The summed E-state index contributed by atoms with van der Waals surface area (Å²) >= 11 is 3.41. The van der Waals surface area contributed by atoms with Crippen molar-refractivity contribution >= 4 is 21.8 Å². The lowest BCUT2D eigenvalue weighted by atomic mass is 10.2. The van der Waals surface area contributed by atoms with Gasteiger partial charge in [-0.05, 0) is 43.5 Å². The van der Waals surface area contributed by atoms with E-state index in [-0.39, 0.29) is 5.91 Å². The number of carbonyl (C=O) groups excluding carboxylic acids is 1. The number of nitrogens with zero attached hydrogens (tertiary/aromatic N) is 1. The summed E-state index contributed by atoms with van der Waals surface area (Å²) in [6.07, 6.45) is 2.55. The first-order chi connectivity index (χ1) is 8.63. The molecule has 0 heterocycles. The number of rotatable bonds is 6. The zero-order chi connectivity index (χ0) is 13.0. The highest BCUT2D eigenvalue weighted by Gasteiger charge is 2.21. The SMILES string of the molecule is CN(CC(=O)NCC1CC1)Cc1ccc(Br)cc1. The molecule has 0 atom stereocenters. The molecule has 0 bridgehead atoms. The molecule has 1 fully saturated rings. The van der Waals surface area contributed by atoms with E-state index in [1.54, 1.807) is 0 Å². The molecule has 0 radical (unpaired) electrons. The molecule has 1 aromatic rings. The summed E-state index contributed by atoms with van der Waals surface area (Å²) in [5, 5.41) is 2.98. The Balaban J connectivity index is 1.71. The average molecular weight is 311 g/mol. The minimum Gasteiger partial charge on any atom is -0.355 e. The van der Waals surface area contributed by atoms with Gasteiger partial charge in [-0.2, -0.15) is 0 Å². The van der Waals surface area contributed by atoms with Gasteiger partial charge in [-0.3, -0.25) is 9.69 Å². The molecule has 18 heavy (non-hydrogen) atoms. The van der Waals surface area contributed by atoms with Crippen LogP contribution in [0.25, 0.3) is 0 Å². The predicted molar refractivity (Wildman–Crippen MR) is 76.2 cm³/mol. The van der Waals surface area contributed by atoms with Gasteiger partial charge in [0.25, 0.3) is 0 Å². The molecule has 2 rings (SSSR count). The normalized spacial score (nSPS) is 14.8. The quantitative estimate of drug-likeness (QED) is 0.875. The Kier molecular flexibility index (Phi) is 4.78. The van der Waals surface area contributed by atoms with Gasteiger partial charge in [-0.15, -0.1) is 0 Å². The number of hydrogen-bond donors (Lipinski definition) is 1. The number of nitrogens with one attached hydrogen (secondary N) is 1. The topological polar surface area (TPSA) is 32.3 Å². The molecule has 1 amide bonds. The maximum Gasteiger partial charge on any atom is 0.234 e. The molecule has 1 N–H and O–H groups in total. The van der Waals surface area contributed by atoms with E-state index in [2.05, 4.69) is 33.4 Å². The van der Waals surface area contributed by atoms with Crippen LogP contribution < -0.4 is 5.32 Å². The van der Waals surface area contributed by atoms with Gasteiger partial charge in [0.1, 0.15) is 0 Å². The minimum absolute atomic E-state index is 0.126. The molecule has 0 spiro atoms. The first-order valence-electron chi connectivity index (χ1n) is 6.33. The lowest BCUT2D eigenvalue weighted by Crippen LogP contribution is -2.35. The highest BCUT2D eigenvalue weighted by molar-refractivity contribution is 9.10. The molecule has 3 nitrogen and oxygen atoms in total. The molecule has 0 aromatic heterocycles. The molecule has 0 aliphatic heterocycles. The number of carbonyl (C=O) groups is 1. The Labute approximate surface area is 117 Å². The lowest BCUT2D eigenvalue weighted by Gasteiger charge is -2.16. The van der Waals surface area contributed by atoms with Crippen molar-refractivity contribution in [2.75, 3.05) is 20.1 Å². The Bertz CT molecular complexity index is 401. The molecule has 0 unspecified atom stereocenters. The van der Waals surface area contributed by atoms with Gasteiger partial charge in [0.05, 0.1) is 6.54 Å². The van der Waals surface area contributed by atoms with Gasteiger partial charge in [0.2, 0.25) is 5.91 Å². The highest BCUT2D eigenvalue weighted by atomic mass is 79.9.